The second-order valence-electron chi connectivity index (χ2n) is 39.2. The molecule has 0 aromatic rings. The van der Waals surface area contributed by atoms with Crippen LogP contribution in [0, 0.1) is 0 Å². The van der Waals surface area contributed by atoms with Crippen molar-refractivity contribution >= 4 is 47.4 Å². The summed E-state index contributed by atoms with van der Waals surface area (Å²) in [6.45, 7) is -2.28. The monoisotopic (exact) mass is 2130 g/mol. The second-order valence-corrected chi connectivity index (χ2v) is 39.2. The van der Waals surface area contributed by atoms with Crippen LogP contribution in [-0.2, 0) is 105 Å². The van der Waals surface area contributed by atoms with Gasteiger partial charge in [-0.05, 0) is 19.3 Å². The van der Waals surface area contributed by atoms with Gasteiger partial charge in [-0.1, -0.05) is 180 Å². The highest BCUT2D eigenvalue weighted by Gasteiger charge is 2.66. The third-order valence-electron chi connectivity index (χ3n) is 27.6. The fourth-order valence-corrected chi connectivity index (χ4v) is 19.5. The molecule has 0 bridgehead atoms. The highest BCUT2D eigenvalue weighted by Crippen LogP contribution is 2.45. The minimum Gasteiger partial charge on any atom is -0.477 e. The van der Waals surface area contributed by atoms with Crippen molar-refractivity contribution < 1.29 is 232 Å². The van der Waals surface area contributed by atoms with Crippen LogP contribution in [0.1, 0.15) is 241 Å². The molecule has 0 aliphatic carbocycles. The lowest BCUT2D eigenvalue weighted by atomic mass is 9.87. The lowest BCUT2D eigenvalue weighted by Crippen LogP contribution is -2.73. The first-order valence-electron chi connectivity index (χ1n) is 51.4. The molecule has 52 nitrogen and oxygen atoms in total. The number of unbranched alkanes of at least 4 members (excludes halogenated alkanes) is 25. The lowest BCUT2D eigenvalue weighted by Gasteiger charge is -2.53. The molecule has 0 unspecified atom stereocenters. The topological polar surface area (TPSA) is 832 Å². The zero-order valence-electron chi connectivity index (χ0n) is 84.3. The molecule has 0 saturated carbocycles. The van der Waals surface area contributed by atoms with E-state index in [4.69, 9.17) is 66.3 Å². The average Bonchev–Trinajstić information content (AvgIpc) is 0.742. The number of carbonyl (C=O) groups excluding carboxylic acids is 5. The molecular weight excluding hydrogens is 1960 g/mol. The Kier molecular flexibility index (Phi) is 55.0. The Morgan fingerprint density at radius 3 is 1.13 bits per heavy atom. The van der Waals surface area contributed by atoms with E-state index in [1.807, 2.05) is 0 Å². The predicted octanol–water partition coefficient (Wildman–Crippen LogP) is -6.69. The summed E-state index contributed by atoms with van der Waals surface area (Å²) in [6.07, 6.45) is -48.1. The van der Waals surface area contributed by atoms with Crippen molar-refractivity contribution in [2.75, 3.05) is 52.9 Å². The second kappa shape index (κ2) is 63.2. The van der Waals surface area contributed by atoms with E-state index in [1.165, 1.54) is 83.1 Å². The number of amides is 5. The van der Waals surface area contributed by atoms with E-state index >= 15 is 0 Å². The molecule has 7 aliphatic rings. The number of aliphatic hydroxyl groups is 22. The minimum atomic E-state index is -3.81. The number of carboxylic acids is 3. The van der Waals surface area contributed by atoms with Crippen molar-refractivity contribution in [1.82, 2.24) is 26.6 Å². The van der Waals surface area contributed by atoms with Gasteiger partial charge in [0.1, 0.15) is 153 Å². The standard InChI is InChI=1S/C95H165N5O47/c1-7-9-11-13-15-17-19-21-22-24-26-28-30-32-34-36-64(118)100-52(53(112)35-33-31-29-27-25-23-20-18-16-14-12-10-8-2)47-134-87-75(125)74(124)78(62(45-106)137-87)139-89-77(127)85(147-95(92(132)133)39-56(115)67(98-50(5)110)83(145-95)73(123)61(44-105)142-93(90(128)129)37-54(113)65(96-48(3)108)81(143-93)69(119)57(116)40-101)79(63(46-107)138-89)140-86-68(99-51(6)111)80(71(121)59(42-103)135-86)141-88-76(126)84(72(122)60(43-104)136-88)146-94(91(130)131)38-55(114)66(97-49(4)109)82(144-94)70(120)58(117)41-102/h33,35,52-63,65-89,101-107,112-117,119-127H,7-32,34,36-47H2,1-6H3,(H,96,108)(H,97,109)(H,98,110)(H,99,111)(H,100,118)(H,128,129)(H,130,131)(H,132,133)/b35-33+/t52-,53+,54-,55-,56-,57+,58+,59+,60+,61+,62+,63+,65+,66+,67+,68+,69+,70+,71-,72-,73+,74+,75+,76+,77+,78+,79-,80+,81+,82+,83+,84-,85+,86-,87+,88-,89-,93+,94-,95-/m0/s1. The smallest absolute Gasteiger partial charge is 0.364 e. The summed E-state index contributed by atoms with van der Waals surface area (Å²) < 4.78 is 84.6. The fraction of sp³-hybridized carbons (Fsp3) is 0.895. The third kappa shape index (κ3) is 36.1. The summed E-state index contributed by atoms with van der Waals surface area (Å²) in [5, 5.41) is 298. The van der Waals surface area contributed by atoms with Gasteiger partial charge in [0.15, 0.2) is 25.2 Å². The van der Waals surface area contributed by atoms with Gasteiger partial charge in [-0.2, -0.15) is 0 Å². The molecule has 7 fully saturated rings. The molecule has 52 heteroatoms. The van der Waals surface area contributed by atoms with Gasteiger partial charge < -0.3 is 221 Å². The van der Waals surface area contributed by atoms with Crippen LogP contribution in [0.15, 0.2) is 12.2 Å². The Labute approximate surface area is 852 Å². The largest absolute Gasteiger partial charge is 0.477 e. The zero-order chi connectivity index (χ0) is 109. The number of aliphatic carboxylic acids is 3. The van der Waals surface area contributed by atoms with Crippen molar-refractivity contribution in [1.29, 1.82) is 0 Å². The maximum Gasteiger partial charge on any atom is 0.364 e. The average molecular weight is 2130 g/mol. The first-order valence-corrected chi connectivity index (χ1v) is 51.4. The first kappa shape index (κ1) is 128. The van der Waals surface area contributed by atoms with Crippen LogP contribution in [0.4, 0.5) is 0 Å². The zero-order valence-corrected chi connectivity index (χ0v) is 84.3. The number of ether oxygens (including phenoxy) is 14. The lowest BCUT2D eigenvalue weighted by molar-refractivity contribution is -0.405. The number of hydrogen-bond acceptors (Lipinski definition) is 44. The van der Waals surface area contributed by atoms with E-state index in [9.17, 15) is 166 Å². The van der Waals surface area contributed by atoms with Crippen LogP contribution in [0.5, 0.6) is 0 Å². The Morgan fingerprint density at radius 1 is 0.367 bits per heavy atom. The molecule has 0 radical (unpaired) electrons. The SMILES string of the molecule is CCCCCCCCCCCCC/C=C/[C@@H](O)[C@H](CO[C@@H]1O[C@H](CO)[C@@H](O[C@@H]2O[C@H](CO)[C@H](O[C@@H]3O[C@H](CO)[C@H](O)[C@H](O[C@@H]4O[C@H](CO)[C@H](O)[C@H](O[C@]5(C(=O)O)C[C@H](O)[C@@H](NC(C)=O)[C@H]([C@H](O)[C@H](O)CO)O5)[C@H]4O)[C@H]3NC(C)=O)[C@H](O[C@]3(C(=O)O)C[C@H](O)[C@@H](NC(C)=O)[C@H]([C@H](O)[C@@H](CO)O[C@]4(C(=O)O)C[C@H](O)[C@@H](NC(C)=O)[C@H]([C@H](O)[C@H](O)CO)O4)O3)[C@H]2O)[C@H](O)[C@H]1O)NC(=O)CCCCCCCCCCCCCCCCC. The number of nitrogens with one attached hydrogen (secondary N) is 5. The van der Waals surface area contributed by atoms with Crippen LogP contribution in [0.3, 0.4) is 0 Å². The van der Waals surface area contributed by atoms with E-state index in [0.717, 1.165) is 111 Å². The number of carbonyl (C=O) groups is 8. The van der Waals surface area contributed by atoms with E-state index in [2.05, 4.69) is 40.4 Å². The molecule has 0 aromatic heterocycles. The molecule has 40 atom stereocenters. The highest BCUT2D eigenvalue weighted by atomic mass is 16.8. The Bertz CT molecular complexity index is 3920. The van der Waals surface area contributed by atoms with Gasteiger partial charge >= 0.3 is 17.9 Å². The fourth-order valence-electron chi connectivity index (χ4n) is 19.5. The van der Waals surface area contributed by atoms with Gasteiger partial charge in [-0.25, -0.2) is 14.4 Å². The van der Waals surface area contributed by atoms with E-state index < -0.39 is 363 Å². The van der Waals surface area contributed by atoms with Crippen molar-refractivity contribution in [3.8, 4) is 0 Å². The van der Waals surface area contributed by atoms with Crippen LogP contribution < -0.4 is 26.6 Å². The Hall–Kier alpha value is -5.94. The van der Waals surface area contributed by atoms with Crippen LogP contribution >= 0.6 is 0 Å². The molecule has 7 saturated heterocycles. The van der Waals surface area contributed by atoms with Crippen molar-refractivity contribution in [2.24, 2.45) is 0 Å². The number of carboxylic acid groups (broad SMARTS) is 3. The number of rotatable bonds is 66. The van der Waals surface area contributed by atoms with Crippen LogP contribution in [0.25, 0.3) is 0 Å². The van der Waals surface area contributed by atoms with Crippen LogP contribution in [-0.4, -0.2) is 472 Å². The van der Waals surface area contributed by atoms with Gasteiger partial charge in [0.25, 0.3) is 17.4 Å². The van der Waals surface area contributed by atoms with Gasteiger partial charge in [0, 0.05) is 53.4 Å². The quantitative estimate of drug-likeness (QED) is 0.0199. The summed E-state index contributed by atoms with van der Waals surface area (Å²) in [7, 11) is 0. The molecule has 852 valence electrons. The van der Waals surface area contributed by atoms with Gasteiger partial charge in [-0.3, -0.25) is 24.0 Å². The van der Waals surface area contributed by atoms with Gasteiger partial charge in [-0.15, -0.1) is 0 Å². The molecule has 0 aromatic carbocycles. The number of allylic oxidation sites excluding steroid dienone is 1. The number of aliphatic hydroxyl groups excluding tert-OH is 22. The molecular formula is C95H165N5O47. The van der Waals surface area contributed by atoms with E-state index in [-0.39, 0.29) is 6.42 Å². The number of hydrogen-bond donors (Lipinski definition) is 30. The van der Waals surface area contributed by atoms with Gasteiger partial charge in [0.2, 0.25) is 29.5 Å². The van der Waals surface area contributed by atoms with Crippen molar-refractivity contribution in [3.63, 3.8) is 0 Å². The Morgan fingerprint density at radius 2 is 0.714 bits per heavy atom. The van der Waals surface area contributed by atoms with Crippen LogP contribution in [0.2, 0.25) is 0 Å². The summed E-state index contributed by atoms with van der Waals surface area (Å²) in [6, 6.07) is -9.38. The Balaban J connectivity index is 1.26. The maximum absolute atomic E-state index is 14.6. The van der Waals surface area contributed by atoms with Gasteiger partial charge in [0.05, 0.1) is 101 Å². The summed E-state index contributed by atoms with van der Waals surface area (Å²) in [4.78, 5) is 107. The molecule has 7 rings (SSSR count). The first-order chi connectivity index (χ1) is 69.9. The third-order valence-corrected chi connectivity index (χ3v) is 27.6. The predicted molar refractivity (Wildman–Crippen MR) is 501 cm³/mol. The molecule has 5 amide bonds. The van der Waals surface area contributed by atoms with E-state index in [1.54, 1.807) is 6.08 Å². The normalized spacial score (nSPS) is 35.5. The molecule has 0 spiro atoms. The molecule has 147 heavy (non-hydrogen) atoms. The molecule has 7 heterocycles. The summed E-state index contributed by atoms with van der Waals surface area (Å²) in [5.41, 5.74) is 0. The van der Waals surface area contributed by atoms with Crippen molar-refractivity contribution in [3.05, 3.63) is 12.2 Å². The highest BCUT2D eigenvalue weighted by molar-refractivity contribution is 5.79. The maximum atomic E-state index is 14.6. The summed E-state index contributed by atoms with van der Waals surface area (Å²) >= 11 is 0. The van der Waals surface area contributed by atoms with Crippen molar-refractivity contribution in [2.45, 2.75) is 484 Å². The molecule has 30 N–H and O–H groups in total. The van der Waals surface area contributed by atoms with E-state index in [0.29, 0.717) is 12.8 Å². The minimum absolute atomic E-state index is 0.0461. The molecule has 7 aliphatic heterocycles. The summed E-state index contributed by atoms with van der Waals surface area (Å²) in [5.74, 6) is -22.1.